The van der Waals surface area contributed by atoms with Crippen LogP contribution in [0, 0.1) is 0 Å². The van der Waals surface area contributed by atoms with Gasteiger partial charge < -0.3 is 29.3 Å². The van der Waals surface area contributed by atoms with E-state index < -0.39 is 28.6 Å². The Morgan fingerprint density at radius 3 is 2.60 bits per heavy atom. The van der Waals surface area contributed by atoms with E-state index in [1.165, 1.54) is 18.8 Å². The molecule has 0 saturated heterocycles. The lowest BCUT2D eigenvalue weighted by molar-refractivity contribution is -0.118. The molecule has 3 aromatic rings. The molecular weight excluding hydrogens is 392 g/mol. The Balaban J connectivity index is 2.29. The molecule has 0 radical (unpaired) electrons. The molecule has 1 amide bonds. The number of carbonyl (C=O) groups excluding carboxylic acids is 1. The summed E-state index contributed by atoms with van der Waals surface area (Å²) in [4.78, 5) is 37.1. The monoisotopic (exact) mass is 414 g/mol. The number of pyridine rings is 1. The van der Waals surface area contributed by atoms with Crippen LogP contribution in [0.5, 0.6) is 11.5 Å². The number of hydrogen-bond acceptors (Lipinski definition) is 7. The third kappa shape index (κ3) is 3.92. The van der Waals surface area contributed by atoms with Crippen molar-refractivity contribution in [1.29, 1.82) is 0 Å². The zero-order chi connectivity index (χ0) is 22.0. The Morgan fingerprint density at radius 1 is 1.23 bits per heavy atom. The lowest BCUT2D eigenvalue weighted by atomic mass is 9.91. The van der Waals surface area contributed by atoms with Crippen molar-refractivity contribution < 1.29 is 23.8 Å². The number of primary amides is 1. The first-order valence-corrected chi connectivity index (χ1v) is 9.07. The number of fused-ring (bicyclic) bond motifs is 1. The maximum atomic E-state index is 13.1. The van der Waals surface area contributed by atoms with E-state index in [0.29, 0.717) is 16.7 Å². The lowest BCUT2D eigenvalue weighted by Crippen LogP contribution is -2.27. The van der Waals surface area contributed by atoms with Crippen molar-refractivity contribution in [3.05, 3.63) is 68.0 Å². The molecule has 3 N–H and O–H groups in total. The maximum Gasteiger partial charge on any atom is 0.254 e. The van der Waals surface area contributed by atoms with Gasteiger partial charge in [0.1, 0.15) is 18.1 Å². The van der Waals surface area contributed by atoms with Crippen molar-refractivity contribution in [2.24, 2.45) is 12.8 Å². The normalized spacial score (nSPS) is 12.1. The third-order valence-electron chi connectivity index (χ3n) is 4.85. The van der Waals surface area contributed by atoms with Gasteiger partial charge in [0, 0.05) is 38.3 Å². The highest BCUT2D eigenvalue weighted by Gasteiger charge is 2.28. The van der Waals surface area contributed by atoms with Gasteiger partial charge in [0.05, 0.1) is 18.5 Å². The molecule has 1 atom stereocenters. The molecule has 0 bridgehead atoms. The molecule has 158 valence electrons. The summed E-state index contributed by atoms with van der Waals surface area (Å²) in [5, 5.41) is 11.0. The number of aromatic nitrogens is 1. The number of amides is 1. The number of hydrogen-bond donors (Lipinski definition) is 2. The summed E-state index contributed by atoms with van der Waals surface area (Å²) in [6.45, 7) is -0.0265. The van der Waals surface area contributed by atoms with E-state index in [0.717, 1.165) is 6.07 Å². The minimum absolute atomic E-state index is 0.0265. The molecule has 2 aromatic heterocycles. The highest BCUT2D eigenvalue weighted by molar-refractivity contribution is 5.82. The second kappa shape index (κ2) is 8.42. The molecule has 0 fully saturated rings. The largest absolute Gasteiger partial charge is 0.502 e. The number of aryl methyl sites for hydroxylation is 1. The second-order valence-corrected chi connectivity index (χ2v) is 6.83. The summed E-state index contributed by atoms with van der Waals surface area (Å²) in [5.74, 6) is -1.95. The van der Waals surface area contributed by atoms with Gasteiger partial charge in [0.2, 0.25) is 17.1 Å². The van der Waals surface area contributed by atoms with Gasteiger partial charge in [-0.05, 0) is 23.6 Å². The van der Waals surface area contributed by atoms with Crippen LogP contribution in [0.25, 0.3) is 10.9 Å². The van der Waals surface area contributed by atoms with Gasteiger partial charge in [-0.25, -0.2) is 0 Å². The Morgan fingerprint density at radius 2 is 1.97 bits per heavy atom. The molecule has 3 rings (SSSR count). The van der Waals surface area contributed by atoms with Crippen molar-refractivity contribution in [2.75, 3.05) is 14.2 Å². The summed E-state index contributed by atoms with van der Waals surface area (Å²) in [6.07, 6.45) is -0.343. The van der Waals surface area contributed by atoms with Crippen LogP contribution in [0.1, 0.15) is 29.4 Å². The Hall–Kier alpha value is -3.59. The van der Waals surface area contributed by atoms with Crippen LogP contribution in [-0.4, -0.2) is 29.8 Å². The molecule has 1 aromatic carbocycles. The molecular formula is C21H22N2O7. The van der Waals surface area contributed by atoms with Crippen molar-refractivity contribution in [1.82, 2.24) is 4.57 Å². The molecule has 9 heteroatoms. The first-order chi connectivity index (χ1) is 14.3. The second-order valence-electron chi connectivity index (χ2n) is 6.83. The quantitative estimate of drug-likeness (QED) is 0.596. The first-order valence-electron chi connectivity index (χ1n) is 9.07. The fraction of sp³-hybridized carbons (Fsp3) is 0.286. The van der Waals surface area contributed by atoms with Crippen LogP contribution in [0.2, 0.25) is 0 Å². The van der Waals surface area contributed by atoms with Crippen LogP contribution in [0.3, 0.4) is 0 Å². The van der Waals surface area contributed by atoms with E-state index >= 15 is 0 Å². The van der Waals surface area contributed by atoms with Crippen LogP contribution in [0.4, 0.5) is 0 Å². The summed E-state index contributed by atoms with van der Waals surface area (Å²) in [7, 11) is 4.52. The van der Waals surface area contributed by atoms with Gasteiger partial charge in [-0.15, -0.1) is 0 Å². The number of aromatic hydroxyl groups is 1. The zero-order valence-electron chi connectivity index (χ0n) is 16.8. The molecule has 0 aliphatic heterocycles. The standard InChI is InChI=1S/C21H22N2O7/c1-23-16-7-12(29-3)5-4-11(16)6-15(21(23)27)14(9-18(22)25)20-19(26)17(24)8-13(30-20)10-28-2/h4-8,14,26H,9-10H2,1-3H3,(H2,22,25)/t14-/m0/s1. The number of rotatable bonds is 7. The van der Waals surface area contributed by atoms with E-state index in [9.17, 15) is 19.5 Å². The predicted octanol–water partition coefficient (Wildman–Crippen LogP) is 1.36. The summed E-state index contributed by atoms with van der Waals surface area (Å²) >= 11 is 0. The van der Waals surface area contributed by atoms with Crippen molar-refractivity contribution >= 4 is 16.8 Å². The topological polar surface area (TPSA) is 134 Å². The molecule has 0 aliphatic carbocycles. The molecule has 0 saturated carbocycles. The molecule has 2 heterocycles. The fourth-order valence-corrected chi connectivity index (χ4v) is 3.39. The van der Waals surface area contributed by atoms with Gasteiger partial charge in [-0.3, -0.25) is 14.4 Å². The minimum atomic E-state index is -1.06. The fourth-order valence-electron chi connectivity index (χ4n) is 3.39. The SMILES string of the molecule is COCc1cc(=O)c(O)c([C@@H](CC(N)=O)c2cc3ccc(OC)cc3n(C)c2=O)o1. The smallest absolute Gasteiger partial charge is 0.254 e. The molecule has 9 nitrogen and oxygen atoms in total. The highest BCUT2D eigenvalue weighted by atomic mass is 16.5. The van der Waals surface area contributed by atoms with E-state index in [4.69, 9.17) is 19.6 Å². The summed E-state index contributed by atoms with van der Waals surface area (Å²) in [6, 6.07) is 7.88. The lowest BCUT2D eigenvalue weighted by Gasteiger charge is -2.18. The number of nitrogens with two attached hydrogens (primary N) is 1. The van der Waals surface area contributed by atoms with E-state index in [1.54, 1.807) is 31.3 Å². The number of nitrogens with zero attached hydrogens (tertiary/aromatic N) is 1. The maximum absolute atomic E-state index is 13.1. The highest BCUT2D eigenvalue weighted by Crippen LogP contribution is 2.33. The van der Waals surface area contributed by atoms with Gasteiger partial charge >= 0.3 is 0 Å². The number of carbonyl (C=O) groups is 1. The van der Waals surface area contributed by atoms with Gasteiger partial charge in [-0.1, -0.05) is 0 Å². The Kier molecular flexibility index (Phi) is 5.93. The summed E-state index contributed by atoms with van der Waals surface area (Å²) < 4.78 is 17.2. The number of ether oxygens (including phenoxy) is 2. The van der Waals surface area contributed by atoms with Crippen LogP contribution in [-0.2, 0) is 23.2 Å². The average Bonchev–Trinajstić information content (AvgIpc) is 2.71. The van der Waals surface area contributed by atoms with Gasteiger partial charge in [0.15, 0.2) is 5.76 Å². The molecule has 0 spiro atoms. The van der Waals surface area contributed by atoms with Crippen LogP contribution in [0.15, 0.2) is 44.3 Å². The molecule has 0 unspecified atom stereocenters. The van der Waals surface area contributed by atoms with Crippen molar-refractivity contribution in [2.45, 2.75) is 18.9 Å². The predicted molar refractivity (Wildman–Crippen MR) is 109 cm³/mol. The van der Waals surface area contributed by atoms with Crippen LogP contribution >= 0.6 is 0 Å². The van der Waals surface area contributed by atoms with E-state index in [1.807, 2.05) is 0 Å². The number of methoxy groups -OCH3 is 2. The summed E-state index contributed by atoms with van der Waals surface area (Å²) in [5.41, 5.74) is 5.03. The van der Waals surface area contributed by atoms with Gasteiger partial charge in [0.25, 0.3) is 5.56 Å². The van der Waals surface area contributed by atoms with Crippen LogP contribution < -0.4 is 21.5 Å². The Bertz CT molecular complexity index is 1230. The zero-order valence-corrected chi connectivity index (χ0v) is 16.8. The minimum Gasteiger partial charge on any atom is -0.502 e. The van der Waals surface area contributed by atoms with Crippen molar-refractivity contribution in [3.63, 3.8) is 0 Å². The molecule has 30 heavy (non-hydrogen) atoms. The molecule has 0 aliphatic rings. The van der Waals surface area contributed by atoms with E-state index in [2.05, 4.69) is 0 Å². The van der Waals surface area contributed by atoms with Gasteiger partial charge in [-0.2, -0.15) is 0 Å². The van der Waals surface area contributed by atoms with Crippen molar-refractivity contribution in [3.8, 4) is 11.5 Å². The van der Waals surface area contributed by atoms with E-state index in [-0.39, 0.29) is 30.1 Å². The number of benzene rings is 1. The first kappa shape index (κ1) is 21.1. The average molecular weight is 414 g/mol. The Labute approximate surface area is 171 Å². The third-order valence-corrected chi connectivity index (χ3v) is 4.85.